The van der Waals surface area contributed by atoms with E-state index in [2.05, 4.69) is 38.2 Å². The molecule has 0 aliphatic rings. The normalized spacial score (nSPS) is 13.0. The van der Waals surface area contributed by atoms with Crippen molar-refractivity contribution in [2.24, 2.45) is 11.1 Å². The summed E-state index contributed by atoms with van der Waals surface area (Å²) in [7, 11) is 0. The summed E-state index contributed by atoms with van der Waals surface area (Å²) in [6.07, 6.45) is 1.27. The Hall–Kier alpha value is -1.00. The van der Waals surface area contributed by atoms with Crippen LogP contribution in [0, 0.1) is 5.41 Å². The fourth-order valence-electron chi connectivity index (χ4n) is 2.05. The second-order valence-corrected chi connectivity index (χ2v) is 7.41. The summed E-state index contributed by atoms with van der Waals surface area (Å²) < 4.78 is 0. The number of carbonyl (C=O) groups is 1. The molecule has 0 saturated carbocycles. The molecule has 0 radical (unpaired) electrons. The number of rotatable bonds is 7. The minimum absolute atomic E-state index is 0.0513. The number of hydrogen-bond donors (Lipinski definition) is 2. The number of amides is 1. The lowest BCUT2D eigenvalue weighted by atomic mass is 9.87. The summed E-state index contributed by atoms with van der Waals surface area (Å²) in [6.45, 7) is 7.10. The van der Waals surface area contributed by atoms with Gasteiger partial charge in [-0.05, 0) is 24.0 Å². The van der Waals surface area contributed by atoms with Gasteiger partial charge in [0.15, 0.2) is 0 Å². The van der Waals surface area contributed by atoms with E-state index in [1.165, 1.54) is 4.90 Å². The van der Waals surface area contributed by atoms with Gasteiger partial charge >= 0.3 is 0 Å². The Morgan fingerprint density at radius 1 is 1.30 bits per heavy atom. The van der Waals surface area contributed by atoms with Crippen molar-refractivity contribution >= 4 is 17.7 Å². The van der Waals surface area contributed by atoms with Crippen LogP contribution in [0.1, 0.15) is 33.6 Å². The summed E-state index contributed by atoms with van der Waals surface area (Å²) >= 11 is 1.75. The van der Waals surface area contributed by atoms with Gasteiger partial charge in [-0.1, -0.05) is 39.0 Å². The van der Waals surface area contributed by atoms with Gasteiger partial charge in [0.1, 0.15) is 0 Å². The average Bonchev–Trinajstić information content (AvgIpc) is 2.33. The van der Waals surface area contributed by atoms with Crippen molar-refractivity contribution in [3.63, 3.8) is 0 Å². The van der Waals surface area contributed by atoms with Gasteiger partial charge in [0.25, 0.3) is 0 Å². The van der Waals surface area contributed by atoms with Crippen molar-refractivity contribution < 1.29 is 4.79 Å². The standard InChI is InChI=1S/C16H26N2OS/c1-16(2,3)12-13(17)11-15(19)18-9-10-20-14-7-5-4-6-8-14/h4-8,13H,9-12,17H2,1-3H3,(H,18,19). The summed E-state index contributed by atoms with van der Waals surface area (Å²) in [5, 5.41) is 2.93. The lowest BCUT2D eigenvalue weighted by molar-refractivity contribution is -0.121. The lowest BCUT2D eigenvalue weighted by Crippen LogP contribution is -2.35. The van der Waals surface area contributed by atoms with Crippen molar-refractivity contribution in [3.8, 4) is 0 Å². The monoisotopic (exact) mass is 294 g/mol. The van der Waals surface area contributed by atoms with Gasteiger partial charge < -0.3 is 11.1 Å². The molecule has 20 heavy (non-hydrogen) atoms. The van der Waals surface area contributed by atoms with E-state index in [0.717, 1.165) is 12.2 Å². The molecule has 0 aliphatic heterocycles. The Balaban J connectivity index is 2.14. The van der Waals surface area contributed by atoms with Crippen LogP contribution in [0.4, 0.5) is 0 Å². The maximum absolute atomic E-state index is 11.8. The predicted molar refractivity (Wildman–Crippen MR) is 86.8 cm³/mol. The summed E-state index contributed by atoms with van der Waals surface area (Å²) in [5.41, 5.74) is 6.16. The molecule has 1 amide bonds. The van der Waals surface area contributed by atoms with E-state index in [1.54, 1.807) is 11.8 Å². The Morgan fingerprint density at radius 3 is 2.55 bits per heavy atom. The van der Waals surface area contributed by atoms with Crippen molar-refractivity contribution in [2.45, 2.75) is 44.6 Å². The number of thioether (sulfide) groups is 1. The zero-order chi connectivity index (χ0) is 15.0. The van der Waals surface area contributed by atoms with E-state index >= 15 is 0 Å². The molecular formula is C16H26N2OS. The third-order valence-electron chi connectivity index (χ3n) is 2.76. The van der Waals surface area contributed by atoms with E-state index in [4.69, 9.17) is 5.73 Å². The van der Waals surface area contributed by atoms with Crippen LogP contribution in [-0.4, -0.2) is 24.2 Å². The molecule has 0 heterocycles. The van der Waals surface area contributed by atoms with Crippen LogP contribution >= 0.6 is 11.8 Å². The lowest BCUT2D eigenvalue weighted by Gasteiger charge is -2.22. The fourth-order valence-corrected chi connectivity index (χ4v) is 2.83. The molecule has 3 nitrogen and oxygen atoms in total. The van der Waals surface area contributed by atoms with Crippen molar-refractivity contribution in [2.75, 3.05) is 12.3 Å². The Labute approximate surface area is 126 Å². The molecule has 1 atom stereocenters. The van der Waals surface area contributed by atoms with Crippen LogP contribution in [-0.2, 0) is 4.79 Å². The first-order chi connectivity index (χ1) is 9.37. The van der Waals surface area contributed by atoms with Crippen LogP contribution in [0.15, 0.2) is 35.2 Å². The van der Waals surface area contributed by atoms with Crippen molar-refractivity contribution in [1.82, 2.24) is 5.32 Å². The maximum atomic E-state index is 11.8. The van der Waals surface area contributed by atoms with Gasteiger partial charge in [-0.3, -0.25) is 4.79 Å². The number of nitrogens with one attached hydrogen (secondary N) is 1. The Bertz CT molecular complexity index is 401. The van der Waals surface area contributed by atoms with Crippen LogP contribution in [0.3, 0.4) is 0 Å². The minimum Gasteiger partial charge on any atom is -0.355 e. The van der Waals surface area contributed by atoms with Crippen LogP contribution in [0.5, 0.6) is 0 Å². The van der Waals surface area contributed by atoms with E-state index < -0.39 is 0 Å². The highest BCUT2D eigenvalue weighted by Crippen LogP contribution is 2.21. The van der Waals surface area contributed by atoms with Gasteiger partial charge in [0, 0.05) is 29.7 Å². The molecule has 112 valence electrons. The SMILES string of the molecule is CC(C)(C)CC(N)CC(=O)NCCSc1ccccc1. The molecule has 0 bridgehead atoms. The van der Waals surface area contributed by atoms with Gasteiger partial charge in [-0.2, -0.15) is 0 Å². The molecule has 0 fully saturated rings. The summed E-state index contributed by atoms with van der Waals surface area (Å²) in [4.78, 5) is 13.0. The average molecular weight is 294 g/mol. The largest absolute Gasteiger partial charge is 0.355 e. The Morgan fingerprint density at radius 2 is 1.95 bits per heavy atom. The number of benzene rings is 1. The topological polar surface area (TPSA) is 55.1 Å². The summed E-state index contributed by atoms with van der Waals surface area (Å²) in [5.74, 6) is 0.931. The number of hydrogen-bond acceptors (Lipinski definition) is 3. The zero-order valence-electron chi connectivity index (χ0n) is 12.7. The number of carbonyl (C=O) groups excluding carboxylic acids is 1. The van der Waals surface area contributed by atoms with Crippen LogP contribution in [0.2, 0.25) is 0 Å². The highest BCUT2D eigenvalue weighted by Gasteiger charge is 2.17. The van der Waals surface area contributed by atoms with E-state index in [0.29, 0.717) is 13.0 Å². The first-order valence-corrected chi connectivity index (χ1v) is 8.05. The van der Waals surface area contributed by atoms with Gasteiger partial charge in [-0.15, -0.1) is 11.8 Å². The van der Waals surface area contributed by atoms with E-state index in [9.17, 15) is 4.79 Å². The third kappa shape index (κ3) is 8.23. The molecule has 0 saturated heterocycles. The highest BCUT2D eigenvalue weighted by molar-refractivity contribution is 7.99. The molecular weight excluding hydrogens is 268 g/mol. The maximum Gasteiger partial charge on any atom is 0.221 e. The second-order valence-electron chi connectivity index (χ2n) is 6.24. The fraction of sp³-hybridized carbons (Fsp3) is 0.562. The van der Waals surface area contributed by atoms with Gasteiger partial charge in [-0.25, -0.2) is 0 Å². The first-order valence-electron chi connectivity index (χ1n) is 7.07. The van der Waals surface area contributed by atoms with Gasteiger partial charge in [0.05, 0.1) is 0 Å². The van der Waals surface area contributed by atoms with Crippen LogP contribution < -0.4 is 11.1 Å². The van der Waals surface area contributed by atoms with Crippen molar-refractivity contribution in [3.05, 3.63) is 30.3 Å². The van der Waals surface area contributed by atoms with Gasteiger partial charge in [0.2, 0.25) is 5.91 Å². The smallest absolute Gasteiger partial charge is 0.221 e. The number of nitrogens with two attached hydrogens (primary N) is 1. The highest BCUT2D eigenvalue weighted by atomic mass is 32.2. The molecule has 0 aromatic heterocycles. The molecule has 1 aromatic rings. The van der Waals surface area contributed by atoms with E-state index in [-0.39, 0.29) is 17.4 Å². The molecule has 0 spiro atoms. The first kappa shape index (κ1) is 17.1. The zero-order valence-corrected chi connectivity index (χ0v) is 13.5. The molecule has 0 aliphatic carbocycles. The quantitative estimate of drug-likeness (QED) is 0.600. The van der Waals surface area contributed by atoms with Crippen molar-refractivity contribution in [1.29, 1.82) is 0 Å². The second kappa shape index (κ2) is 8.32. The Kier molecular flexibility index (Phi) is 7.10. The molecule has 1 rings (SSSR count). The van der Waals surface area contributed by atoms with Crippen LogP contribution in [0.25, 0.3) is 0 Å². The van der Waals surface area contributed by atoms with E-state index in [1.807, 2.05) is 18.2 Å². The summed E-state index contributed by atoms with van der Waals surface area (Å²) in [6, 6.07) is 10.1. The molecule has 4 heteroatoms. The molecule has 1 aromatic carbocycles. The predicted octanol–water partition coefficient (Wildman–Crippen LogP) is 3.05. The molecule has 3 N–H and O–H groups in total. The minimum atomic E-state index is -0.0585. The molecule has 1 unspecified atom stereocenters. The third-order valence-corrected chi connectivity index (χ3v) is 3.77.